The van der Waals surface area contributed by atoms with Gasteiger partial charge in [0.05, 0.1) is 6.04 Å². The van der Waals surface area contributed by atoms with Crippen LogP contribution in [0.4, 0.5) is 4.39 Å². The minimum atomic E-state index is -0.173. The number of aromatic amines is 1. The number of rotatable bonds is 3. The summed E-state index contributed by atoms with van der Waals surface area (Å²) in [5.41, 5.74) is 4.90. The lowest BCUT2D eigenvalue weighted by Crippen LogP contribution is -2.33. The van der Waals surface area contributed by atoms with Crippen molar-refractivity contribution >= 4 is 10.9 Å². The Morgan fingerprint density at radius 1 is 1.12 bits per heavy atom. The molecule has 0 aliphatic carbocycles. The first-order valence-corrected chi connectivity index (χ1v) is 8.77. The number of nitrogens with one attached hydrogen (secondary N) is 1. The second kappa shape index (κ2) is 6.40. The van der Waals surface area contributed by atoms with Gasteiger partial charge in [0.2, 0.25) is 0 Å². The summed E-state index contributed by atoms with van der Waals surface area (Å²) in [6.07, 6.45) is 3.65. The van der Waals surface area contributed by atoms with Gasteiger partial charge in [-0.1, -0.05) is 36.2 Å². The third kappa shape index (κ3) is 3.09. The van der Waals surface area contributed by atoms with E-state index in [-0.39, 0.29) is 5.82 Å². The summed E-state index contributed by atoms with van der Waals surface area (Å²) in [6.45, 7) is 4.22. The minimum absolute atomic E-state index is 0.173. The van der Waals surface area contributed by atoms with E-state index in [2.05, 4.69) is 47.1 Å². The van der Waals surface area contributed by atoms with Crippen LogP contribution in [0.5, 0.6) is 0 Å². The lowest BCUT2D eigenvalue weighted by atomic mass is 9.98. The molecule has 2 heterocycles. The number of fused-ring (bicyclic) bond motifs is 1. The number of halogens is 1. The molecule has 0 spiro atoms. The third-order valence-electron chi connectivity index (χ3n) is 5.04. The van der Waals surface area contributed by atoms with E-state index < -0.39 is 0 Å². The standard InChI is InChI=1S/C21H23FN2/c1-15-5-4-6-16(11-15)14-24-10-3-2-7-21(24)20-13-17-12-18(22)8-9-19(17)23-20/h4-6,8-9,11-13,21,23H,2-3,7,10,14H2,1H3. The van der Waals surface area contributed by atoms with E-state index in [9.17, 15) is 4.39 Å². The number of piperidine rings is 1. The molecule has 0 bridgehead atoms. The Hall–Kier alpha value is -2.13. The van der Waals surface area contributed by atoms with Crippen molar-refractivity contribution in [2.45, 2.75) is 38.8 Å². The smallest absolute Gasteiger partial charge is 0.123 e. The summed E-state index contributed by atoms with van der Waals surface area (Å²) in [5, 5.41) is 0.964. The Kier molecular flexibility index (Phi) is 4.11. The highest BCUT2D eigenvalue weighted by Gasteiger charge is 2.25. The van der Waals surface area contributed by atoms with E-state index in [1.165, 1.54) is 35.7 Å². The van der Waals surface area contributed by atoms with E-state index >= 15 is 0 Å². The lowest BCUT2D eigenvalue weighted by molar-refractivity contribution is 0.138. The molecule has 3 heteroatoms. The molecule has 1 N–H and O–H groups in total. The average molecular weight is 322 g/mol. The zero-order chi connectivity index (χ0) is 16.5. The zero-order valence-corrected chi connectivity index (χ0v) is 14.1. The molecule has 3 aromatic rings. The van der Waals surface area contributed by atoms with E-state index in [0.717, 1.165) is 30.4 Å². The zero-order valence-electron chi connectivity index (χ0n) is 14.1. The van der Waals surface area contributed by atoms with E-state index in [4.69, 9.17) is 0 Å². The SMILES string of the molecule is Cc1cccc(CN2CCCCC2c2cc3cc(F)ccc3[nH]2)c1. The number of nitrogens with zero attached hydrogens (tertiary/aromatic N) is 1. The fourth-order valence-electron chi connectivity index (χ4n) is 3.88. The fourth-order valence-corrected chi connectivity index (χ4v) is 3.88. The van der Waals surface area contributed by atoms with Gasteiger partial charge in [-0.05, 0) is 56.1 Å². The van der Waals surface area contributed by atoms with Gasteiger partial charge in [0.25, 0.3) is 0 Å². The molecule has 1 unspecified atom stereocenters. The van der Waals surface area contributed by atoms with Crippen molar-refractivity contribution < 1.29 is 4.39 Å². The second-order valence-electron chi connectivity index (χ2n) is 6.93. The largest absolute Gasteiger partial charge is 0.357 e. The normalized spacial score (nSPS) is 19.0. The molecule has 0 saturated carbocycles. The van der Waals surface area contributed by atoms with Crippen molar-refractivity contribution in [2.24, 2.45) is 0 Å². The number of hydrogen-bond donors (Lipinski definition) is 1. The molecule has 2 nitrogen and oxygen atoms in total. The monoisotopic (exact) mass is 322 g/mol. The van der Waals surface area contributed by atoms with Crippen LogP contribution in [0, 0.1) is 12.7 Å². The van der Waals surface area contributed by atoms with Gasteiger partial charge in [0, 0.05) is 23.1 Å². The van der Waals surface area contributed by atoms with Crippen LogP contribution in [0.15, 0.2) is 48.5 Å². The summed E-state index contributed by atoms with van der Waals surface area (Å²) in [7, 11) is 0. The van der Waals surface area contributed by atoms with Crippen LogP contribution >= 0.6 is 0 Å². The molecule has 0 amide bonds. The second-order valence-corrected chi connectivity index (χ2v) is 6.93. The van der Waals surface area contributed by atoms with Gasteiger partial charge in [-0.25, -0.2) is 4.39 Å². The van der Waals surface area contributed by atoms with Crippen molar-refractivity contribution in [3.05, 3.63) is 71.2 Å². The Morgan fingerprint density at radius 2 is 2.04 bits per heavy atom. The summed E-state index contributed by atoms with van der Waals surface area (Å²) in [5.74, 6) is -0.173. The topological polar surface area (TPSA) is 19.0 Å². The number of benzene rings is 2. The molecule has 4 rings (SSSR count). The molecule has 2 aromatic carbocycles. The molecule has 0 radical (unpaired) electrons. The first kappa shape index (κ1) is 15.4. The van der Waals surface area contributed by atoms with Crippen molar-refractivity contribution in [2.75, 3.05) is 6.54 Å². The van der Waals surface area contributed by atoms with Crippen molar-refractivity contribution in [1.29, 1.82) is 0 Å². The predicted molar refractivity (Wildman–Crippen MR) is 96.4 cm³/mol. The van der Waals surface area contributed by atoms with Gasteiger partial charge < -0.3 is 4.98 Å². The van der Waals surface area contributed by atoms with Crippen LogP contribution < -0.4 is 0 Å². The third-order valence-corrected chi connectivity index (χ3v) is 5.04. The highest BCUT2D eigenvalue weighted by atomic mass is 19.1. The van der Waals surface area contributed by atoms with Crippen molar-refractivity contribution in [3.8, 4) is 0 Å². The van der Waals surface area contributed by atoms with Gasteiger partial charge in [-0.3, -0.25) is 4.90 Å². The Morgan fingerprint density at radius 3 is 2.92 bits per heavy atom. The molecule has 124 valence electrons. The van der Waals surface area contributed by atoms with Crippen LogP contribution in [0.1, 0.15) is 42.1 Å². The molecule has 1 fully saturated rings. The number of likely N-dealkylation sites (tertiary alicyclic amines) is 1. The number of aromatic nitrogens is 1. The van der Waals surface area contributed by atoms with Gasteiger partial charge >= 0.3 is 0 Å². The minimum Gasteiger partial charge on any atom is -0.357 e. The maximum Gasteiger partial charge on any atom is 0.123 e. The molecule has 1 atom stereocenters. The molecule has 1 saturated heterocycles. The van der Waals surface area contributed by atoms with Gasteiger partial charge in [0.15, 0.2) is 0 Å². The van der Waals surface area contributed by atoms with E-state index in [0.29, 0.717) is 6.04 Å². The Labute approximate surface area is 142 Å². The first-order valence-electron chi connectivity index (χ1n) is 8.77. The maximum atomic E-state index is 13.5. The van der Waals surface area contributed by atoms with Crippen molar-refractivity contribution in [1.82, 2.24) is 9.88 Å². The number of aryl methyl sites for hydroxylation is 1. The fraction of sp³-hybridized carbons (Fsp3) is 0.333. The number of H-pyrrole nitrogens is 1. The molecular formula is C21H23FN2. The Balaban J connectivity index is 1.63. The lowest BCUT2D eigenvalue weighted by Gasteiger charge is -2.35. The highest BCUT2D eigenvalue weighted by Crippen LogP contribution is 2.33. The summed E-state index contributed by atoms with van der Waals surface area (Å²) >= 11 is 0. The van der Waals surface area contributed by atoms with E-state index in [1.807, 2.05) is 6.07 Å². The molecule has 24 heavy (non-hydrogen) atoms. The average Bonchev–Trinajstić information content (AvgIpc) is 2.98. The van der Waals surface area contributed by atoms with E-state index in [1.54, 1.807) is 6.07 Å². The van der Waals surface area contributed by atoms with Crippen molar-refractivity contribution in [3.63, 3.8) is 0 Å². The summed E-state index contributed by atoms with van der Waals surface area (Å²) in [4.78, 5) is 6.07. The van der Waals surface area contributed by atoms with Crippen LogP contribution in [-0.2, 0) is 6.54 Å². The number of hydrogen-bond acceptors (Lipinski definition) is 1. The Bertz CT molecular complexity index is 852. The molecule has 1 aliphatic heterocycles. The highest BCUT2D eigenvalue weighted by molar-refractivity contribution is 5.80. The van der Waals surface area contributed by atoms with Crippen LogP contribution in [0.25, 0.3) is 10.9 Å². The summed E-state index contributed by atoms with van der Waals surface area (Å²) in [6, 6.07) is 16.2. The molecular weight excluding hydrogens is 299 g/mol. The first-order chi connectivity index (χ1) is 11.7. The van der Waals surface area contributed by atoms with Crippen LogP contribution in [0.2, 0.25) is 0 Å². The van der Waals surface area contributed by atoms with Gasteiger partial charge in [0.1, 0.15) is 5.82 Å². The molecule has 1 aliphatic rings. The van der Waals surface area contributed by atoms with Crippen LogP contribution in [-0.4, -0.2) is 16.4 Å². The van der Waals surface area contributed by atoms with Crippen LogP contribution in [0.3, 0.4) is 0 Å². The van der Waals surface area contributed by atoms with Gasteiger partial charge in [-0.2, -0.15) is 0 Å². The maximum absolute atomic E-state index is 13.5. The van der Waals surface area contributed by atoms with Gasteiger partial charge in [-0.15, -0.1) is 0 Å². The quantitative estimate of drug-likeness (QED) is 0.689. The predicted octanol–water partition coefficient (Wildman–Crippen LogP) is 5.34. The summed E-state index contributed by atoms with van der Waals surface area (Å²) < 4.78 is 13.5. The molecule has 1 aromatic heterocycles.